The van der Waals surface area contributed by atoms with E-state index in [-0.39, 0.29) is 17.1 Å². The largest absolute Gasteiger partial charge is 0.352 e. The first-order valence-corrected chi connectivity index (χ1v) is 13.8. The van der Waals surface area contributed by atoms with Crippen LogP contribution in [0, 0.1) is 11.7 Å². The molecule has 1 fully saturated rings. The molecule has 40 heavy (non-hydrogen) atoms. The van der Waals surface area contributed by atoms with Crippen LogP contribution in [0.5, 0.6) is 0 Å². The minimum absolute atomic E-state index is 0.260. The summed E-state index contributed by atoms with van der Waals surface area (Å²) < 4.78 is 14.7. The molecule has 1 amide bonds. The second-order valence-corrected chi connectivity index (χ2v) is 11.2. The molecule has 3 aliphatic rings. The number of ketones is 2. The Kier molecular flexibility index (Phi) is 5.61. The van der Waals surface area contributed by atoms with E-state index >= 15 is 0 Å². The summed E-state index contributed by atoms with van der Waals surface area (Å²) in [6.07, 6.45) is 3.86. The van der Waals surface area contributed by atoms with Crippen molar-refractivity contribution in [2.75, 3.05) is 10.2 Å². The summed E-state index contributed by atoms with van der Waals surface area (Å²) in [4.78, 5) is 45.5. The summed E-state index contributed by atoms with van der Waals surface area (Å²) in [6.45, 7) is 0. The van der Waals surface area contributed by atoms with Crippen molar-refractivity contribution in [3.05, 3.63) is 136 Å². The molecular formula is C33H22BrFN2O3. The number of carbonyl (C=O) groups is 3. The van der Waals surface area contributed by atoms with E-state index < -0.39 is 35.1 Å². The quantitative estimate of drug-likeness (QED) is 0.277. The minimum Gasteiger partial charge on any atom is -0.352 e. The fourth-order valence-corrected chi connectivity index (χ4v) is 6.97. The first kappa shape index (κ1) is 24.7. The van der Waals surface area contributed by atoms with Crippen LogP contribution in [-0.2, 0) is 10.2 Å². The number of nitrogens with one attached hydrogen (secondary N) is 1. The van der Waals surface area contributed by atoms with Crippen LogP contribution < -0.4 is 10.2 Å². The van der Waals surface area contributed by atoms with E-state index in [0.717, 1.165) is 15.7 Å². The van der Waals surface area contributed by atoms with Gasteiger partial charge in [0.05, 0.1) is 12.0 Å². The van der Waals surface area contributed by atoms with Crippen LogP contribution in [0.25, 0.3) is 6.08 Å². The molecule has 0 aliphatic carbocycles. The molecular weight excluding hydrogens is 571 g/mol. The smallest absolute Gasteiger partial charge is 0.238 e. The molecule has 3 aliphatic heterocycles. The average molecular weight is 593 g/mol. The Labute approximate surface area is 238 Å². The predicted molar refractivity (Wildman–Crippen MR) is 155 cm³/mol. The van der Waals surface area contributed by atoms with Gasteiger partial charge < -0.3 is 10.2 Å². The summed E-state index contributed by atoms with van der Waals surface area (Å²) in [6, 6.07) is 25.7. The SMILES string of the molecule is O=C(c1ccc(F)cc1)C1C2C=Cc3ccccc3N2C(C(=O)c2ccc(Br)cc2)C12C(=O)Nc1ccccc12. The zero-order valence-corrected chi connectivity index (χ0v) is 22.6. The molecule has 3 heterocycles. The highest BCUT2D eigenvalue weighted by atomic mass is 79.9. The van der Waals surface area contributed by atoms with Crippen molar-refractivity contribution in [1.29, 1.82) is 0 Å². The Morgan fingerprint density at radius 3 is 2.25 bits per heavy atom. The van der Waals surface area contributed by atoms with Gasteiger partial charge in [0.15, 0.2) is 11.6 Å². The molecule has 1 saturated heterocycles. The molecule has 4 aromatic carbocycles. The van der Waals surface area contributed by atoms with Gasteiger partial charge in [0.25, 0.3) is 0 Å². The van der Waals surface area contributed by atoms with Crippen molar-refractivity contribution in [2.24, 2.45) is 5.92 Å². The number of para-hydroxylation sites is 2. The second-order valence-electron chi connectivity index (χ2n) is 10.3. The maximum absolute atomic E-state index is 14.7. The summed E-state index contributed by atoms with van der Waals surface area (Å²) >= 11 is 3.44. The van der Waals surface area contributed by atoms with Crippen LogP contribution in [0.2, 0.25) is 0 Å². The molecule has 7 heteroatoms. The molecule has 1 N–H and O–H groups in total. The summed E-state index contributed by atoms with van der Waals surface area (Å²) in [5.74, 6) is -2.40. The van der Waals surface area contributed by atoms with Gasteiger partial charge in [-0.3, -0.25) is 14.4 Å². The lowest BCUT2D eigenvalue weighted by Crippen LogP contribution is -2.55. The van der Waals surface area contributed by atoms with Gasteiger partial charge in [-0.25, -0.2) is 4.39 Å². The topological polar surface area (TPSA) is 66.5 Å². The number of carbonyl (C=O) groups excluding carboxylic acids is 3. The molecule has 0 aromatic heterocycles. The van der Waals surface area contributed by atoms with Crippen LogP contribution in [0.3, 0.4) is 0 Å². The first-order chi connectivity index (χ1) is 19.4. The molecule has 1 spiro atoms. The van der Waals surface area contributed by atoms with Crippen LogP contribution >= 0.6 is 15.9 Å². The first-order valence-electron chi connectivity index (χ1n) is 13.0. The van der Waals surface area contributed by atoms with Gasteiger partial charge in [0.2, 0.25) is 5.91 Å². The average Bonchev–Trinajstić information content (AvgIpc) is 3.45. The lowest BCUT2D eigenvalue weighted by atomic mass is 9.63. The Bertz CT molecular complexity index is 1730. The highest BCUT2D eigenvalue weighted by molar-refractivity contribution is 9.10. The fraction of sp³-hybridized carbons (Fsp3) is 0.121. The van der Waals surface area contributed by atoms with Crippen molar-refractivity contribution in [3.63, 3.8) is 0 Å². The molecule has 4 aromatic rings. The zero-order valence-electron chi connectivity index (χ0n) is 21.1. The molecule has 4 atom stereocenters. The lowest BCUT2D eigenvalue weighted by Gasteiger charge is -2.37. The van der Waals surface area contributed by atoms with Crippen LogP contribution in [0.4, 0.5) is 15.8 Å². The number of fused-ring (bicyclic) bond motifs is 5. The zero-order chi connectivity index (χ0) is 27.6. The van der Waals surface area contributed by atoms with Gasteiger partial charge in [0, 0.05) is 27.0 Å². The maximum atomic E-state index is 14.7. The van der Waals surface area contributed by atoms with Crippen molar-refractivity contribution in [3.8, 4) is 0 Å². The van der Waals surface area contributed by atoms with Gasteiger partial charge in [-0.2, -0.15) is 0 Å². The number of hydrogen-bond acceptors (Lipinski definition) is 4. The molecule has 7 rings (SSSR count). The number of rotatable bonds is 4. The highest BCUT2D eigenvalue weighted by Crippen LogP contribution is 2.58. The van der Waals surface area contributed by atoms with Gasteiger partial charge >= 0.3 is 0 Å². The van der Waals surface area contributed by atoms with Crippen LogP contribution in [0.15, 0.2) is 108 Å². The fourth-order valence-electron chi connectivity index (χ4n) is 6.70. The monoisotopic (exact) mass is 592 g/mol. The van der Waals surface area contributed by atoms with E-state index in [1.54, 1.807) is 30.3 Å². The van der Waals surface area contributed by atoms with Crippen molar-refractivity contribution in [1.82, 2.24) is 0 Å². The third kappa shape index (κ3) is 3.40. The van der Waals surface area contributed by atoms with E-state index in [1.807, 2.05) is 59.5 Å². The third-order valence-corrected chi connectivity index (χ3v) is 8.86. The number of Topliss-reactive ketones (excluding diaryl/α,β-unsaturated/α-hetero) is 2. The summed E-state index contributed by atoms with van der Waals surface area (Å²) in [5.41, 5.74) is 2.03. The Morgan fingerprint density at radius 2 is 1.48 bits per heavy atom. The van der Waals surface area contributed by atoms with E-state index in [0.29, 0.717) is 16.8 Å². The normalized spacial score (nSPS) is 23.9. The number of halogens is 2. The Hall–Kier alpha value is -4.36. The van der Waals surface area contributed by atoms with E-state index in [4.69, 9.17) is 0 Å². The second kappa shape index (κ2) is 9.10. The predicted octanol–water partition coefficient (Wildman–Crippen LogP) is 6.44. The van der Waals surface area contributed by atoms with Gasteiger partial charge in [-0.1, -0.05) is 76.6 Å². The van der Waals surface area contributed by atoms with E-state index in [1.165, 1.54) is 24.3 Å². The number of anilines is 2. The van der Waals surface area contributed by atoms with Gasteiger partial charge in [-0.05, 0) is 59.7 Å². The van der Waals surface area contributed by atoms with Gasteiger partial charge in [0.1, 0.15) is 17.3 Å². The van der Waals surface area contributed by atoms with Crippen molar-refractivity contribution < 1.29 is 18.8 Å². The molecule has 0 saturated carbocycles. The number of hydrogen-bond donors (Lipinski definition) is 1. The lowest BCUT2D eigenvalue weighted by molar-refractivity contribution is -0.121. The molecule has 196 valence electrons. The van der Waals surface area contributed by atoms with E-state index in [2.05, 4.69) is 21.2 Å². The van der Waals surface area contributed by atoms with Crippen LogP contribution in [-0.4, -0.2) is 29.6 Å². The molecule has 5 nitrogen and oxygen atoms in total. The number of amides is 1. The molecule has 0 bridgehead atoms. The Morgan fingerprint density at radius 1 is 0.825 bits per heavy atom. The highest BCUT2D eigenvalue weighted by Gasteiger charge is 2.70. The molecule has 0 radical (unpaired) electrons. The van der Waals surface area contributed by atoms with Crippen LogP contribution in [0.1, 0.15) is 31.8 Å². The van der Waals surface area contributed by atoms with Crippen molar-refractivity contribution in [2.45, 2.75) is 17.5 Å². The van der Waals surface area contributed by atoms with Gasteiger partial charge in [-0.15, -0.1) is 0 Å². The maximum Gasteiger partial charge on any atom is 0.238 e. The molecule has 4 unspecified atom stereocenters. The minimum atomic E-state index is -1.54. The summed E-state index contributed by atoms with van der Waals surface area (Å²) in [5, 5.41) is 2.99. The standard InChI is InChI=1S/C33H22BrFN2O3/c34-22-14-9-21(10-15-22)30(39)31-33(24-6-2-3-7-25(24)36-32(33)40)28(29(38)20-11-16-23(35)17-12-20)27-18-13-19-5-1-4-8-26(19)37(27)31/h1-18,27-28,31H,(H,36,40). The third-order valence-electron chi connectivity index (χ3n) is 8.34. The summed E-state index contributed by atoms with van der Waals surface area (Å²) in [7, 11) is 0. The van der Waals surface area contributed by atoms with Crippen molar-refractivity contribution >= 4 is 50.9 Å². The number of nitrogens with zero attached hydrogens (tertiary/aromatic N) is 1. The Balaban J connectivity index is 1.53. The van der Waals surface area contributed by atoms with E-state index in [9.17, 15) is 18.8 Å². The number of benzene rings is 4.